The van der Waals surface area contributed by atoms with Crippen LogP contribution in [0.15, 0.2) is 30.9 Å². The highest BCUT2D eigenvalue weighted by atomic mass is 32.2. The molecule has 292 valence electrons. The van der Waals surface area contributed by atoms with Crippen LogP contribution < -0.4 is 9.84 Å². The first-order valence-electron chi connectivity index (χ1n) is 20.2. The number of rotatable bonds is 36. The number of hydrogen-bond acceptors (Lipinski definition) is 9. The van der Waals surface area contributed by atoms with Gasteiger partial charge in [0.05, 0.1) is 19.4 Å². The van der Waals surface area contributed by atoms with Gasteiger partial charge in [0.15, 0.2) is 12.3 Å². The molecule has 2 heterocycles. The van der Waals surface area contributed by atoms with Crippen LogP contribution in [-0.2, 0) is 25.4 Å². The van der Waals surface area contributed by atoms with E-state index in [1.54, 1.807) is 18.5 Å². The van der Waals surface area contributed by atoms with E-state index in [9.17, 15) is 14.5 Å². The average Bonchev–Trinajstić information content (AvgIpc) is 3.58. The van der Waals surface area contributed by atoms with E-state index in [-0.39, 0.29) is 18.5 Å². The fourth-order valence-electron chi connectivity index (χ4n) is 6.08. The predicted octanol–water partition coefficient (Wildman–Crippen LogP) is 7.19. The minimum Gasteiger partial charge on any atom is -0.616 e. The molecular weight excluding hydrogens is 665 g/mol. The van der Waals surface area contributed by atoms with Crippen LogP contribution in [0.4, 0.5) is 0 Å². The number of carboxylic acid groups (broad SMARTS) is 1. The van der Waals surface area contributed by atoms with Crippen molar-refractivity contribution in [2.24, 2.45) is 0 Å². The van der Waals surface area contributed by atoms with Gasteiger partial charge in [-0.2, -0.15) is 4.58 Å². The predicted molar refractivity (Wildman–Crippen MR) is 205 cm³/mol. The Balaban J connectivity index is 1.46. The molecule has 0 bridgehead atoms. The summed E-state index contributed by atoms with van der Waals surface area (Å²) >= 11 is -1.06. The Morgan fingerprint density at radius 1 is 0.843 bits per heavy atom. The van der Waals surface area contributed by atoms with Gasteiger partial charge in [-0.1, -0.05) is 103 Å². The first kappa shape index (κ1) is 44.9. The normalized spacial score (nSPS) is 14.8. The summed E-state index contributed by atoms with van der Waals surface area (Å²) in [4.78, 5) is 21.1. The lowest BCUT2D eigenvalue weighted by Crippen LogP contribution is -2.33. The van der Waals surface area contributed by atoms with Crippen molar-refractivity contribution in [3.63, 3.8) is 0 Å². The van der Waals surface area contributed by atoms with Crippen molar-refractivity contribution in [1.29, 1.82) is 0 Å². The van der Waals surface area contributed by atoms with Crippen LogP contribution in [0.3, 0.4) is 0 Å². The molecule has 0 aromatic carbocycles. The van der Waals surface area contributed by atoms with Crippen molar-refractivity contribution in [2.45, 2.75) is 154 Å². The molecule has 1 aliphatic rings. The zero-order valence-corrected chi connectivity index (χ0v) is 32.7. The molecular formula is C40H70N4O6S. The van der Waals surface area contributed by atoms with Crippen LogP contribution in [0, 0.1) is 0 Å². The Kier molecular flexibility index (Phi) is 28.6. The maximum absolute atomic E-state index is 12.9. The number of aliphatic carboxylic acids is 1. The largest absolute Gasteiger partial charge is 0.616 e. The highest BCUT2D eigenvalue weighted by molar-refractivity contribution is 7.91. The molecule has 2 atom stereocenters. The minimum atomic E-state index is -1.06. The molecule has 11 heteroatoms. The standard InChI is InChI=1S/C40H70N4O6S/c1-2-3-4-5-6-7-8-9-10-11-12-13-14-15-16-20-31-49-35-38(50-40-41-25-21-26-42-40)36-51(47)34-23-33-48-32-22-28-44-30-29-43(37-44)27-19-17-18-24-39(45)46/h21,25-27,29-30,38H,2-20,22-24,28,31-37H2,1H3. The van der Waals surface area contributed by atoms with E-state index in [1.807, 2.05) is 6.20 Å². The molecule has 10 nitrogen and oxygen atoms in total. The minimum absolute atomic E-state index is 0.124. The SMILES string of the molecule is CCCCCCCCCCCCCCCCCCOCC(C[S+]([O-])CCCOCCCN1C=C[N+](=CCCCCC(=O)[O-])C1)Oc1ncccn1. The summed E-state index contributed by atoms with van der Waals surface area (Å²) in [6.45, 7) is 6.29. The maximum Gasteiger partial charge on any atom is 0.316 e. The van der Waals surface area contributed by atoms with Gasteiger partial charge in [0.2, 0.25) is 6.67 Å². The van der Waals surface area contributed by atoms with Crippen molar-refractivity contribution in [3.8, 4) is 6.01 Å². The number of carbonyl (C=O) groups is 1. The topological polar surface area (TPSA) is 123 Å². The number of nitrogens with zero attached hydrogens (tertiary/aromatic N) is 4. The van der Waals surface area contributed by atoms with Crippen LogP contribution in [-0.4, -0.2) is 93.4 Å². The molecule has 2 rings (SSSR count). The second-order valence-electron chi connectivity index (χ2n) is 13.8. The van der Waals surface area contributed by atoms with E-state index in [2.05, 4.69) is 38.8 Å². The lowest BCUT2D eigenvalue weighted by Gasteiger charge is -2.20. The van der Waals surface area contributed by atoms with Gasteiger partial charge in [0.1, 0.15) is 17.7 Å². The van der Waals surface area contributed by atoms with Gasteiger partial charge in [-0.05, 0) is 49.3 Å². The van der Waals surface area contributed by atoms with E-state index >= 15 is 0 Å². The number of hydrogen-bond donors (Lipinski definition) is 0. The lowest BCUT2D eigenvalue weighted by atomic mass is 10.0. The molecule has 1 aromatic heterocycles. The van der Waals surface area contributed by atoms with E-state index in [0.717, 1.165) is 45.3 Å². The van der Waals surface area contributed by atoms with Crippen molar-refractivity contribution >= 4 is 23.4 Å². The first-order valence-corrected chi connectivity index (χ1v) is 21.7. The van der Waals surface area contributed by atoms with E-state index in [1.165, 1.54) is 96.3 Å². The Bertz CT molecular complexity index is 1020. The summed E-state index contributed by atoms with van der Waals surface area (Å²) in [5.74, 6) is -0.0494. The Morgan fingerprint density at radius 2 is 1.45 bits per heavy atom. The highest BCUT2D eigenvalue weighted by Gasteiger charge is 2.20. The van der Waals surface area contributed by atoms with E-state index in [0.29, 0.717) is 44.4 Å². The van der Waals surface area contributed by atoms with Crippen LogP contribution >= 0.6 is 0 Å². The molecule has 51 heavy (non-hydrogen) atoms. The lowest BCUT2D eigenvalue weighted by molar-refractivity contribution is -0.460. The van der Waals surface area contributed by atoms with Crippen molar-refractivity contribution in [1.82, 2.24) is 14.9 Å². The third-order valence-corrected chi connectivity index (χ3v) is 10.5. The highest BCUT2D eigenvalue weighted by Crippen LogP contribution is 2.14. The van der Waals surface area contributed by atoms with Crippen LogP contribution in [0.5, 0.6) is 6.01 Å². The molecule has 0 spiro atoms. The number of ether oxygens (including phenoxy) is 3. The second kappa shape index (κ2) is 32.4. The molecule has 1 aromatic rings. The van der Waals surface area contributed by atoms with E-state index in [4.69, 9.17) is 14.2 Å². The van der Waals surface area contributed by atoms with E-state index < -0.39 is 17.1 Å². The molecule has 1 aliphatic heterocycles. The number of unbranched alkanes of at least 4 members (excludes halogenated alkanes) is 17. The molecule has 0 N–H and O–H groups in total. The maximum atomic E-state index is 12.9. The molecule has 0 fully saturated rings. The molecule has 0 saturated heterocycles. The molecule has 0 radical (unpaired) electrons. The fourth-order valence-corrected chi connectivity index (χ4v) is 7.27. The van der Waals surface area contributed by atoms with Gasteiger partial charge in [0, 0.05) is 51.0 Å². The summed E-state index contributed by atoms with van der Waals surface area (Å²) in [5.41, 5.74) is 0. The quantitative estimate of drug-likeness (QED) is 0.0401. The summed E-state index contributed by atoms with van der Waals surface area (Å²) in [7, 11) is 0. The molecule has 0 saturated carbocycles. The monoisotopic (exact) mass is 735 g/mol. The van der Waals surface area contributed by atoms with Crippen molar-refractivity contribution in [2.75, 3.05) is 51.1 Å². The Hall–Kier alpha value is -2.21. The number of carbonyl (C=O) groups excluding carboxylic acids is 1. The zero-order valence-electron chi connectivity index (χ0n) is 31.9. The molecule has 0 amide bonds. The van der Waals surface area contributed by atoms with Gasteiger partial charge in [-0.3, -0.25) is 0 Å². The van der Waals surface area contributed by atoms with Crippen molar-refractivity contribution in [3.05, 3.63) is 30.9 Å². The summed E-state index contributed by atoms with van der Waals surface area (Å²) < 4.78 is 32.8. The Labute approximate surface area is 313 Å². The van der Waals surface area contributed by atoms with Gasteiger partial charge < -0.3 is 33.6 Å². The van der Waals surface area contributed by atoms with Gasteiger partial charge in [-0.25, -0.2) is 9.97 Å². The van der Waals surface area contributed by atoms with Crippen LogP contribution in [0.1, 0.15) is 148 Å². The van der Waals surface area contributed by atoms with Gasteiger partial charge in [0.25, 0.3) is 0 Å². The third-order valence-electron chi connectivity index (χ3n) is 9.04. The smallest absolute Gasteiger partial charge is 0.316 e. The summed E-state index contributed by atoms with van der Waals surface area (Å²) in [6.07, 6.45) is 34.8. The first-order chi connectivity index (χ1) is 25.1. The van der Waals surface area contributed by atoms with Crippen molar-refractivity contribution < 1.29 is 33.2 Å². The summed E-state index contributed by atoms with van der Waals surface area (Å²) in [6, 6.07) is 2.04. The molecule has 2 unspecified atom stereocenters. The molecule has 0 aliphatic carbocycles. The van der Waals surface area contributed by atoms with Crippen LogP contribution in [0.2, 0.25) is 0 Å². The zero-order chi connectivity index (χ0) is 36.5. The van der Waals surface area contributed by atoms with Gasteiger partial charge >= 0.3 is 6.01 Å². The number of aromatic nitrogens is 2. The Morgan fingerprint density at radius 3 is 2.10 bits per heavy atom. The second-order valence-corrected chi connectivity index (χ2v) is 15.5. The number of carboxylic acids is 1. The van der Waals surface area contributed by atoms with Crippen LogP contribution in [0.25, 0.3) is 0 Å². The summed E-state index contributed by atoms with van der Waals surface area (Å²) in [5, 5.41) is 10.5. The third kappa shape index (κ3) is 27.1. The average molecular weight is 735 g/mol. The van der Waals surface area contributed by atoms with Gasteiger partial charge in [-0.15, -0.1) is 0 Å². The fraction of sp³-hybridized carbons (Fsp3) is 0.800.